The summed E-state index contributed by atoms with van der Waals surface area (Å²) in [7, 11) is 1.39. The average Bonchev–Trinajstić information content (AvgIpc) is 2.91. The molecule has 0 bridgehead atoms. The van der Waals surface area contributed by atoms with E-state index in [1.165, 1.54) is 7.11 Å². The number of hydrogen-bond acceptors (Lipinski definition) is 6. The smallest absolute Gasteiger partial charge is 0.372 e. The largest absolute Gasteiger partial charge is 0.465 e. The van der Waals surface area contributed by atoms with Gasteiger partial charge in [-0.2, -0.15) is 0 Å². The van der Waals surface area contributed by atoms with Crippen LogP contribution in [0.25, 0.3) is 22.3 Å². The first kappa shape index (κ1) is 27.0. The van der Waals surface area contributed by atoms with Crippen molar-refractivity contribution in [2.75, 3.05) is 12.4 Å². The van der Waals surface area contributed by atoms with Crippen LogP contribution in [0.2, 0.25) is 0 Å². The molecule has 1 N–H and O–H groups in total. The molecule has 0 radical (unpaired) electrons. The third-order valence-corrected chi connectivity index (χ3v) is 6.42. The minimum atomic E-state index is -0.521. The third-order valence-electron chi connectivity index (χ3n) is 5.68. The highest BCUT2D eigenvalue weighted by Crippen LogP contribution is 2.35. The SMILES string of the molecule is COC(=O)c1cccc(-c2ccc(NCc3cccc(SC(=O)OC(C)(C)C)c3)cc2-c2ccccc2)c1. The molecular weight excluding hydrogens is 494 g/mol. The number of carbonyl (C=O) groups excluding carboxylic acids is 2. The standard InChI is InChI=1S/C32H31NO4S/c1-32(2,3)37-31(35)38-27-15-8-10-22(18-27)21-33-26-16-17-28(29(20-26)23-11-6-5-7-12-23)24-13-9-14-25(19-24)30(34)36-4/h5-20,33H,21H2,1-4H3. The highest BCUT2D eigenvalue weighted by Gasteiger charge is 2.17. The first-order valence-electron chi connectivity index (χ1n) is 12.3. The minimum Gasteiger partial charge on any atom is -0.465 e. The van der Waals surface area contributed by atoms with E-state index in [1.807, 2.05) is 87.5 Å². The summed E-state index contributed by atoms with van der Waals surface area (Å²) in [4.78, 5) is 25.2. The Morgan fingerprint density at radius 3 is 2.26 bits per heavy atom. The predicted molar refractivity (Wildman–Crippen MR) is 155 cm³/mol. The van der Waals surface area contributed by atoms with Crippen molar-refractivity contribution < 1.29 is 19.1 Å². The number of ether oxygens (including phenoxy) is 2. The van der Waals surface area contributed by atoms with Crippen molar-refractivity contribution in [3.63, 3.8) is 0 Å². The van der Waals surface area contributed by atoms with Crippen LogP contribution in [0.5, 0.6) is 0 Å². The van der Waals surface area contributed by atoms with Crippen molar-refractivity contribution in [2.45, 2.75) is 37.8 Å². The Morgan fingerprint density at radius 1 is 0.789 bits per heavy atom. The van der Waals surface area contributed by atoms with Gasteiger partial charge in [0.25, 0.3) is 0 Å². The summed E-state index contributed by atoms with van der Waals surface area (Å²) in [5.74, 6) is -0.363. The van der Waals surface area contributed by atoms with Crippen LogP contribution < -0.4 is 5.32 Å². The Bertz CT molecular complexity index is 1430. The molecule has 0 unspecified atom stereocenters. The van der Waals surface area contributed by atoms with Crippen molar-refractivity contribution in [3.05, 3.63) is 108 Å². The van der Waals surface area contributed by atoms with Gasteiger partial charge in [-0.15, -0.1) is 0 Å². The van der Waals surface area contributed by atoms with Crippen molar-refractivity contribution in [2.24, 2.45) is 0 Å². The van der Waals surface area contributed by atoms with E-state index >= 15 is 0 Å². The van der Waals surface area contributed by atoms with Crippen LogP contribution in [-0.2, 0) is 16.0 Å². The fourth-order valence-electron chi connectivity index (χ4n) is 3.98. The lowest BCUT2D eigenvalue weighted by molar-refractivity contribution is 0.0600. The molecule has 0 atom stereocenters. The van der Waals surface area contributed by atoms with E-state index < -0.39 is 5.60 Å². The first-order valence-corrected chi connectivity index (χ1v) is 13.2. The van der Waals surface area contributed by atoms with Crippen molar-refractivity contribution in [1.82, 2.24) is 0 Å². The third kappa shape index (κ3) is 7.26. The van der Waals surface area contributed by atoms with Crippen molar-refractivity contribution in [3.8, 4) is 22.3 Å². The summed E-state index contributed by atoms with van der Waals surface area (Å²) < 4.78 is 10.3. The topological polar surface area (TPSA) is 64.6 Å². The van der Waals surface area contributed by atoms with E-state index in [1.54, 1.807) is 6.07 Å². The number of benzene rings is 4. The molecule has 194 valence electrons. The molecule has 0 amide bonds. The van der Waals surface area contributed by atoms with Gasteiger partial charge in [0.2, 0.25) is 0 Å². The quantitative estimate of drug-likeness (QED) is 0.193. The number of thioether (sulfide) groups is 1. The zero-order chi connectivity index (χ0) is 27.1. The van der Waals surface area contributed by atoms with Crippen LogP contribution >= 0.6 is 11.8 Å². The van der Waals surface area contributed by atoms with E-state index in [2.05, 4.69) is 29.6 Å². The second-order valence-electron chi connectivity index (χ2n) is 9.77. The van der Waals surface area contributed by atoms with Gasteiger partial charge in [-0.05, 0) is 96.7 Å². The van der Waals surface area contributed by atoms with Crippen LogP contribution in [0.15, 0.2) is 102 Å². The molecule has 0 aliphatic rings. The highest BCUT2D eigenvalue weighted by atomic mass is 32.2. The van der Waals surface area contributed by atoms with Gasteiger partial charge >= 0.3 is 11.3 Å². The average molecular weight is 526 g/mol. The maximum absolute atomic E-state index is 12.2. The molecule has 0 saturated heterocycles. The Kier molecular flexibility index (Phi) is 8.54. The molecule has 0 saturated carbocycles. The van der Waals surface area contributed by atoms with Crippen LogP contribution in [0, 0.1) is 0 Å². The number of nitrogens with one attached hydrogen (secondary N) is 1. The van der Waals surface area contributed by atoms with E-state index in [0.717, 1.165) is 50.2 Å². The molecule has 0 fully saturated rings. The van der Waals surface area contributed by atoms with Gasteiger partial charge in [-0.25, -0.2) is 9.59 Å². The second kappa shape index (κ2) is 12.0. The van der Waals surface area contributed by atoms with E-state index in [-0.39, 0.29) is 11.3 Å². The molecular formula is C32H31NO4S. The molecule has 5 nitrogen and oxygen atoms in total. The van der Waals surface area contributed by atoms with Gasteiger partial charge in [0.1, 0.15) is 5.60 Å². The van der Waals surface area contributed by atoms with Gasteiger partial charge in [-0.3, -0.25) is 0 Å². The highest BCUT2D eigenvalue weighted by molar-refractivity contribution is 8.13. The molecule has 0 heterocycles. The number of hydrogen-bond donors (Lipinski definition) is 1. The molecule has 4 aromatic carbocycles. The van der Waals surface area contributed by atoms with E-state index in [4.69, 9.17) is 9.47 Å². The van der Waals surface area contributed by atoms with Gasteiger partial charge in [0, 0.05) is 17.1 Å². The lowest BCUT2D eigenvalue weighted by Crippen LogP contribution is -2.21. The molecule has 0 spiro atoms. The van der Waals surface area contributed by atoms with Crippen molar-refractivity contribution in [1.29, 1.82) is 0 Å². The van der Waals surface area contributed by atoms with Gasteiger partial charge in [0.05, 0.1) is 12.7 Å². The van der Waals surface area contributed by atoms with Crippen LogP contribution in [0.4, 0.5) is 10.5 Å². The Hall–Kier alpha value is -4.03. The number of esters is 1. The lowest BCUT2D eigenvalue weighted by atomic mass is 9.93. The molecule has 4 aromatic rings. The van der Waals surface area contributed by atoms with E-state index in [0.29, 0.717) is 12.1 Å². The van der Waals surface area contributed by atoms with Crippen molar-refractivity contribution >= 4 is 28.7 Å². The molecule has 0 aliphatic carbocycles. The molecule has 4 rings (SSSR count). The molecule has 0 aromatic heterocycles. The van der Waals surface area contributed by atoms with Gasteiger partial charge in [-0.1, -0.05) is 60.7 Å². The maximum Gasteiger partial charge on any atom is 0.372 e. The second-order valence-corrected chi connectivity index (χ2v) is 10.8. The first-order chi connectivity index (χ1) is 18.2. The number of methoxy groups -OCH3 is 1. The fraction of sp³-hybridized carbons (Fsp3) is 0.188. The molecule has 6 heteroatoms. The fourth-order valence-corrected chi connectivity index (χ4v) is 4.83. The Labute approximate surface area is 228 Å². The summed E-state index contributed by atoms with van der Waals surface area (Å²) in [6.45, 7) is 6.16. The minimum absolute atomic E-state index is 0.318. The molecule has 38 heavy (non-hydrogen) atoms. The maximum atomic E-state index is 12.2. The monoisotopic (exact) mass is 525 g/mol. The number of carbonyl (C=O) groups is 2. The summed E-state index contributed by atoms with van der Waals surface area (Å²) >= 11 is 1.09. The van der Waals surface area contributed by atoms with Crippen LogP contribution in [0.3, 0.4) is 0 Å². The number of rotatable bonds is 7. The summed E-state index contributed by atoms with van der Waals surface area (Å²) in [6, 6.07) is 31.7. The van der Waals surface area contributed by atoms with Crippen LogP contribution in [0.1, 0.15) is 36.7 Å². The Balaban J connectivity index is 1.57. The molecule has 0 aliphatic heterocycles. The number of anilines is 1. The zero-order valence-corrected chi connectivity index (χ0v) is 22.8. The lowest BCUT2D eigenvalue weighted by Gasteiger charge is -2.19. The van der Waals surface area contributed by atoms with Gasteiger partial charge < -0.3 is 14.8 Å². The Morgan fingerprint density at radius 2 is 1.53 bits per heavy atom. The summed E-state index contributed by atoms with van der Waals surface area (Å²) in [5.41, 5.74) is 6.07. The summed E-state index contributed by atoms with van der Waals surface area (Å²) in [6.07, 6.45) is 0. The van der Waals surface area contributed by atoms with Gasteiger partial charge in [0.15, 0.2) is 0 Å². The zero-order valence-electron chi connectivity index (χ0n) is 22.0. The normalized spacial score (nSPS) is 11.1. The van der Waals surface area contributed by atoms with Crippen LogP contribution in [-0.4, -0.2) is 24.0 Å². The van der Waals surface area contributed by atoms with E-state index in [9.17, 15) is 9.59 Å². The summed E-state index contributed by atoms with van der Waals surface area (Å²) in [5, 5.41) is 3.19. The predicted octanol–water partition coefficient (Wildman–Crippen LogP) is 8.45.